The number of pyridine rings is 1. The summed E-state index contributed by atoms with van der Waals surface area (Å²) in [7, 11) is 0. The minimum Gasteiger partial charge on any atom is -0.368 e. The van der Waals surface area contributed by atoms with Gasteiger partial charge in [0, 0.05) is 43.5 Å². The Morgan fingerprint density at radius 1 is 1.23 bits per heavy atom. The molecule has 0 aliphatic carbocycles. The molecular formula is C20H21FN4O. The average Bonchev–Trinajstić information content (AvgIpc) is 2.63. The van der Waals surface area contributed by atoms with E-state index in [-0.39, 0.29) is 11.4 Å². The lowest BCUT2D eigenvalue weighted by Crippen LogP contribution is -2.49. The van der Waals surface area contributed by atoms with E-state index in [9.17, 15) is 9.18 Å². The van der Waals surface area contributed by atoms with Crippen molar-refractivity contribution in [1.82, 2.24) is 14.7 Å². The lowest BCUT2D eigenvalue weighted by Gasteiger charge is -2.33. The second-order valence-corrected chi connectivity index (χ2v) is 6.86. The molecule has 1 aliphatic rings. The van der Waals surface area contributed by atoms with Crippen LogP contribution in [0.25, 0.3) is 16.9 Å². The van der Waals surface area contributed by atoms with Crippen molar-refractivity contribution in [3.63, 3.8) is 0 Å². The Hall–Kier alpha value is -2.73. The Balaban J connectivity index is 1.75. The Morgan fingerprint density at radius 2 is 2.08 bits per heavy atom. The number of benzene rings is 1. The van der Waals surface area contributed by atoms with Crippen molar-refractivity contribution in [3.05, 3.63) is 64.3 Å². The highest BCUT2D eigenvalue weighted by Crippen LogP contribution is 2.21. The molecular weight excluding hydrogens is 331 g/mol. The van der Waals surface area contributed by atoms with E-state index in [0.29, 0.717) is 28.5 Å². The molecule has 0 radical (unpaired) electrons. The van der Waals surface area contributed by atoms with Crippen LogP contribution in [0, 0.1) is 12.7 Å². The maximum absolute atomic E-state index is 13.8. The number of anilines is 1. The summed E-state index contributed by atoms with van der Waals surface area (Å²) in [5, 5.41) is 3.41. The van der Waals surface area contributed by atoms with E-state index in [2.05, 4.69) is 22.1 Å². The first-order chi connectivity index (χ1) is 12.5. The molecule has 1 aliphatic heterocycles. The van der Waals surface area contributed by atoms with Crippen LogP contribution < -0.4 is 15.8 Å². The standard InChI is InChI=1S/C20H21FN4O/c1-13-3-4-15(9-17(13)21)18-10-20(26)25-12-16(5-6-19(25)23-18)24-8-7-22-14(2)11-24/h3-6,9-10,12,14,22H,7-8,11H2,1-2H3. The number of halogens is 1. The molecule has 3 heterocycles. The van der Waals surface area contributed by atoms with Crippen molar-refractivity contribution in [2.24, 2.45) is 0 Å². The van der Waals surface area contributed by atoms with Gasteiger partial charge in [0.15, 0.2) is 0 Å². The lowest BCUT2D eigenvalue weighted by molar-refractivity contribution is 0.484. The van der Waals surface area contributed by atoms with Crippen molar-refractivity contribution in [2.75, 3.05) is 24.5 Å². The number of nitrogens with zero attached hydrogens (tertiary/aromatic N) is 3. The minimum atomic E-state index is -0.298. The summed E-state index contributed by atoms with van der Waals surface area (Å²) >= 11 is 0. The number of piperazine rings is 1. The van der Waals surface area contributed by atoms with Crippen molar-refractivity contribution in [3.8, 4) is 11.3 Å². The van der Waals surface area contributed by atoms with Crippen LogP contribution in [0.3, 0.4) is 0 Å². The van der Waals surface area contributed by atoms with Gasteiger partial charge in [0.05, 0.1) is 11.4 Å². The number of nitrogens with one attached hydrogen (secondary N) is 1. The van der Waals surface area contributed by atoms with E-state index in [1.165, 1.54) is 12.1 Å². The molecule has 4 rings (SSSR count). The topological polar surface area (TPSA) is 49.6 Å². The molecule has 0 saturated carbocycles. The Kier molecular flexibility index (Phi) is 4.20. The van der Waals surface area contributed by atoms with Crippen LogP contribution in [0.5, 0.6) is 0 Å². The van der Waals surface area contributed by atoms with Gasteiger partial charge in [-0.15, -0.1) is 0 Å². The van der Waals surface area contributed by atoms with Gasteiger partial charge in [-0.25, -0.2) is 9.37 Å². The fourth-order valence-electron chi connectivity index (χ4n) is 3.35. The van der Waals surface area contributed by atoms with E-state index in [1.807, 2.05) is 18.3 Å². The number of aryl methyl sites for hydroxylation is 1. The maximum Gasteiger partial charge on any atom is 0.258 e. The van der Waals surface area contributed by atoms with Crippen molar-refractivity contribution in [2.45, 2.75) is 19.9 Å². The number of rotatable bonds is 2. The van der Waals surface area contributed by atoms with Crippen LogP contribution in [0.4, 0.5) is 10.1 Å². The predicted molar refractivity (Wildman–Crippen MR) is 101 cm³/mol. The summed E-state index contributed by atoms with van der Waals surface area (Å²) in [4.78, 5) is 19.4. The second-order valence-electron chi connectivity index (χ2n) is 6.86. The molecule has 0 bridgehead atoms. The smallest absolute Gasteiger partial charge is 0.258 e. The molecule has 6 heteroatoms. The molecule has 2 aromatic heterocycles. The highest BCUT2D eigenvalue weighted by molar-refractivity contribution is 5.63. The number of aromatic nitrogens is 2. The molecule has 1 aromatic carbocycles. The van der Waals surface area contributed by atoms with Gasteiger partial charge in [0.1, 0.15) is 11.5 Å². The first-order valence-electron chi connectivity index (χ1n) is 8.79. The van der Waals surface area contributed by atoms with Gasteiger partial charge in [-0.3, -0.25) is 9.20 Å². The van der Waals surface area contributed by atoms with Crippen LogP contribution in [-0.4, -0.2) is 35.1 Å². The first kappa shape index (κ1) is 16.7. The largest absolute Gasteiger partial charge is 0.368 e. The monoisotopic (exact) mass is 352 g/mol. The number of hydrogen-bond acceptors (Lipinski definition) is 4. The van der Waals surface area contributed by atoms with Crippen molar-refractivity contribution in [1.29, 1.82) is 0 Å². The van der Waals surface area contributed by atoms with Crippen molar-refractivity contribution < 1.29 is 4.39 Å². The van der Waals surface area contributed by atoms with Gasteiger partial charge in [-0.1, -0.05) is 12.1 Å². The molecule has 26 heavy (non-hydrogen) atoms. The first-order valence-corrected chi connectivity index (χ1v) is 8.79. The second kappa shape index (κ2) is 6.53. The normalized spacial score (nSPS) is 17.7. The highest BCUT2D eigenvalue weighted by atomic mass is 19.1. The summed E-state index contributed by atoms with van der Waals surface area (Å²) in [6, 6.07) is 10.6. The third-order valence-electron chi connectivity index (χ3n) is 4.85. The molecule has 1 saturated heterocycles. The molecule has 1 atom stereocenters. The maximum atomic E-state index is 13.8. The highest BCUT2D eigenvalue weighted by Gasteiger charge is 2.17. The summed E-state index contributed by atoms with van der Waals surface area (Å²) < 4.78 is 15.4. The molecule has 1 fully saturated rings. The van der Waals surface area contributed by atoms with E-state index < -0.39 is 0 Å². The van der Waals surface area contributed by atoms with Crippen LogP contribution in [0.1, 0.15) is 12.5 Å². The fraction of sp³-hybridized carbons (Fsp3) is 0.300. The quantitative estimate of drug-likeness (QED) is 0.770. The number of hydrogen-bond donors (Lipinski definition) is 1. The van der Waals surface area contributed by atoms with Gasteiger partial charge in [0.2, 0.25) is 0 Å². The summed E-state index contributed by atoms with van der Waals surface area (Å²) in [6.45, 7) is 6.58. The zero-order valence-corrected chi connectivity index (χ0v) is 14.9. The van der Waals surface area contributed by atoms with Crippen LogP contribution in [0.2, 0.25) is 0 Å². The van der Waals surface area contributed by atoms with Gasteiger partial charge in [-0.2, -0.15) is 0 Å². The van der Waals surface area contributed by atoms with Gasteiger partial charge < -0.3 is 10.2 Å². The van der Waals surface area contributed by atoms with Crippen LogP contribution in [0.15, 0.2) is 47.4 Å². The summed E-state index contributed by atoms with van der Waals surface area (Å²) in [5.41, 5.74) is 3.05. The van der Waals surface area contributed by atoms with Gasteiger partial charge in [0.25, 0.3) is 5.56 Å². The number of fused-ring (bicyclic) bond motifs is 1. The molecule has 134 valence electrons. The molecule has 3 aromatic rings. The minimum absolute atomic E-state index is 0.170. The van der Waals surface area contributed by atoms with Crippen LogP contribution in [-0.2, 0) is 0 Å². The third-order valence-corrected chi connectivity index (χ3v) is 4.85. The van der Waals surface area contributed by atoms with E-state index in [0.717, 1.165) is 25.3 Å². The Bertz CT molecular complexity index is 1030. The molecule has 0 amide bonds. The van der Waals surface area contributed by atoms with Crippen molar-refractivity contribution >= 4 is 11.3 Å². The molecule has 0 spiro atoms. The predicted octanol–water partition coefficient (Wildman–Crippen LogP) is 2.61. The summed E-state index contributed by atoms with van der Waals surface area (Å²) in [6.07, 6.45) is 1.84. The molecule has 5 nitrogen and oxygen atoms in total. The molecule has 1 N–H and O–H groups in total. The van der Waals surface area contributed by atoms with Gasteiger partial charge in [-0.05, 0) is 37.6 Å². The van der Waals surface area contributed by atoms with E-state index >= 15 is 0 Å². The fourth-order valence-corrected chi connectivity index (χ4v) is 3.35. The average molecular weight is 352 g/mol. The zero-order chi connectivity index (χ0) is 18.3. The van der Waals surface area contributed by atoms with E-state index in [1.54, 1.807) is 23.5 Å². The third kappa shape index (κ3) is 3.08. The summed E-state index contributed by atoms with van der Waals surface area (Å²) in [5.74, 6) is -0.298. The molecule has 1 unspecified atom stereocenters. The zero-order valence-electron chi connectivity index (χ0n) is 14.9. The van der Waals surface area contributed by atoms with Gasteiger partial charge >= 0.3 is 0 Å². The SMILES string of the molecule is Cc1ccc(-c2cc(=O)n3cc(N4CCNC(C)C4)ccc3n2)cc1F. The lowest BCUT2D eigenvalue weighted by atomic mass is 10.1. The van der Waals surface area contributed by atoms with E-state index in [4.69, 9.17) is 0 Å². The Labute approximate surface area is 151 Å². The Morgan fingerprint density at radius 3 is 2.85 bits per heavy atom. The van der Waals surface area contributed by atoms with Crippen LogP contribution >= 0.6 is 0 Å².